The molecule has 3 aromatic rings. The number of nitrogens with one attached hydrogen (secondary N) is 2. The molecule has 0 radical (unpaired) electrons. The van der Waals surface area contributed by atoms with Crippen LogP contribution in [0.5, 0.6) is 17.2 Å². The minimum absolute atomic E-state index is 0.0790. The number of carbonyl (C=O) groups excluding carboxylic acids is 2. The number of urea groups is 1. The van der Waals surface area contributed by atoms with E-state index >= 15 is 0 Å². The Balaban J connectivity index is 1.26. The first-order chi connectivity index (χ1) is 18.9. The lowest BCUT2D eigenvalue weighted by Gasteiger charge is -2.36. The van der Waals surface area contributed by atoms with Gasteiger partial charge in [-0.1, -0.05) is 24.3 Å². The number of aromatic hydroxyl groups is 1. The molecule has 2 aliphatic heterocycles. The fraction of sp³-hybridized carbons (Fsp3) is 0.267. The van der Waals surface area contributed by atoms with Crippen molar-refractivity contribution in [3.8, 4) is 17.2 Å². The minimum atomic E-state index is -0.972. The number of hydrogen-bond acceptors (Lipinski definition) is 6. The molecular weight excluding hydrogens is 496 g/mol. The first-order valence-corrected chi connectivity index (χ1v) is 12.8. The highest BCUT2D eigenvalue weighted by Gasteiger charge is 2.36. The Bertz CT molecular complexity index is 1400. The Morgan fingerprint density at radius 1 is 0.974 bits per heavy atom. The van der Waals surface area contributed by atoms with Crippen LogP contribution < -0.4 is 25.0 Å². The molecule has 3 N–H and O–H groups in total. The molecule has 39 heavy (non-hydrogen) atoms. The molecule has 0 aliphatic carbocycles. The van der Waals surface area contributed by atoms with Gasteiger partial charge in [-0.15, -0.1) is 0 Å². The van der Waals surface area contributed by atoms with Crippen molar-refractivity contribution < 1.29 is 24.2 Å². The quantitative estimate of drug-likeness (QED) is 0.434. The number of phenols is 1. The van der Waals surface area contributed by atoms with Crippen LogP contribution in [0.1, 0.15) is 16.7 Å². The van der Waals surface area contributed by atoms with E-state index in [1.165, 1.54) is 0 Å². The van der Waals surface area contributed by atoms with Crippen LogP contribution in [0.25, 0.3) is 0 Å². The number of benzene rings is 3. The van der Waals surface area contributed by atoms with E-state index in [0.717, 1.165) is 35.7 Å². The topological polar surface area (TPSA) is 103 Å². The summed E-state index contributed by atoms with van der Waals surface area (Å²) in [5, 5.41) is 15.7. The molecule has 3 amide bonds. The molecule has 0 spiro atoms. The molecule has 0 bridgehead atoms. The third kappa shape index (κ3) is 5.47. The number of hydrogen-bond donors (Lipinski definition) is 3. The van der Waals surface area contributed by atoms with Gasteiger partial charge in [0, 0.05) is 44.1 Å². The van der Waals surface area contributed by atoms with Crippen LogP contribution in [0.4, 0.5) is 10.5 Å². The smallest absolute Gasteiger partial charge is 0.319 e. The summed E-state index contributed by atoms with van der Waals surface area (Å²) in [7, 11) is 1.65. The van der Waals surface area contributed by atoms with Gasteiger partial charge in [0.1, 0.15) is 22.8 Å². The van der Waals surface area contributed by atoms with Crippen molar-refractivity contribution in [2.45, 2.75) is 12.5 Å². The highest BCUT2D eigenvalue weighted by molar-refractivity contribution is 5.80. The molecule has 2 aliphatic rings. The molecule has 1 atom stereocenters. The fourth-order valence-electron chi connectivity index (χ4n) is 4.99. The Labute approximate surface area is 227 Å². The van der Waals surface area contributed by atoms with Crippen LogP contribution in [-0.2, 0) is 10.3 Å². The average Bonchev–Trinajstić information content (AvgIpc) is 2.97. The molecule has 9 nitrogen and oxygen atoms in total. The van der Waals surface area contributed by atoms with Gasteiger partial charge in [-0.05, 0) is 66.1 Å². The van der Waals surface area contributed by atoms with Crippen LogP contribution in [0.15, 0.2) is 79.0 Å². The molecule has 0 saturated carbocycles. The predicted molar refractivity (Wildman–Crippen MR) is 148 cm³/mol. The monoisotopic (exact) mass is 528 g/mol. The summed E-state index contributed by atoms with van der Waals surface area (Å²) in [5.41, 5.74) is 2.34. The summed E-state index contributed by atoms with van der Waals surface area (Å²) in [4.78, 5) is 29.4. The first kappa shape index (κ1) is 26.0. The number of anilines is 1. The molecule has 3 aromatic carbocycles. The first-order valence-electron chi connectivity index (χ1n) is 12.8. The van der Waals surface area contributed by atoms with Crippen LogP contribution in [0.2, 0.25) is 0 Å². The summed E-state index contributed by atoms with van der Waals surface area (Å²) < 4.78 is 11.3. The van der Waals surface area contributed by atoms with Crippen molar-refractivity contribution in [1.82, 2.24) is 15.5 Å². The van der Waals surface area contributed by atoms with Crippen LogP contribution in [-0.4, -0.2) is 61.8 Å². The molecule has 202 valence electrons. The fourth-order valence-corrected chi connectivity index (χ4v) is 4.99. The average molecular weight is 529 g/mol. The number of phenolic OH excluding ortho intramolecular Hbond substituents is 1. The van der Waals surface area contributed by atoms with Crippen molar-refractivity contribution in [1.29, 1.82) is 0 Å². The standard InChI is InChI=1S/C30H32N4O5/c1-21-17-23(9-10-27(21)35)30(11-12-31-29(37)32-30)22-5-3-8-26(18-22)39-20-28(36)34-15-13-33(14-16-34)24-6-4-7-25(19-24)38-2/h3-12,17-19,35H,13-16,20H2,1-2H3,(H2,31,32,37). The van der Waals surface area contributed by atoms with Crippen molar-refractivity contribution in [3.63, 3.8) is 0 Å². The highest BCUT2D eigenvalue weighted by Crippen LogP contribution is 2.36. The van der Waals surface area contributed by atoms with Gasteiger partial charge in [-0.3, -0.25) is 4.79 Å². The van der Waals surface area contributed by atoms with Gasteiger partial charge < -0.3 is 35.0 Å². The number of piperazine rings is 1. The maximum Gasteiger partial charge on any atom is 0.319 e. The second-order valence-corrected chi connectivity index (χ2v) is 9.63. The van der Waals surface area contributed by atoms with Crippen molar-refractivity contribution in [2.24, 2.45) is 0 Å². The number of methoxy groups -OCH3 is 1. The number of nitrogens with zero attached hydrogens (tertiary/aromatic N) is 2. The number of carbonyl (C=O) groups is 2. The summed E-state index contributed by atoms with van der Waals surface area (Å²) in [6.07, 6.45) is 3.45. The third-order valence-electron chi connectivity index (χ3n) is 7.21. The van der Waals surface area contributed by atoms with Crippen molar-refractivity contribution in [3.05, 3.63) is 95.7 Å². The summed E-state index contributed by atoms with van der Waals surface area (Å²) >= 11 is 0. The zero-order valence-electron chi connectivity index (χ0n) is 22.0. The SMILES string of the molecule is COc1cccc(N2CCN(C(=O)COc3cccc(C4(c5ccc(O)c(C)c5)C=CNC(=O)N4)c3)CC2)c1. The number of aryl methyl sites for hydroxylation is 1. The van der Waals surface area contributed by atoms with Crippen LogP contribution >= 0.6 is 0 Å². The van der Waals surface area contributed by atoms with E-state index in [1.54, 1.807) is 38.4 Å². The second-order valence-electron chi connectivity index (χ2n) is 9.63. The maximum atomic E-state index is 13.0. The van der Waals surface area contributed by atoms with Crippen molar-refractivity contribution in [2.75, 3.05) is 44.8 Å². The minimum Gasteiger partial charge on any atom is -0.508 e. The van der Waals surface area contributed by atoms with Crippen LogP contribution in [0.3, 0.4) is 0 Å². The zero-order valence-corrected chi connectivity index (χ0v) is 22.0. The lowest BCUT2D eigenvalue weighted by atomic mass is 9.81. The molecule has 1 fully saturated rings. The normalized spacial score (nSPS) is 18.8. The van der Waals surface area contributed by atoms with E-state index in [1.807, 2.05) is 59.5 Å². The second kappa shape index (κ2) is 11.0. The Morgan fingerprint density at radius 2 is 1.72 bits per heavy atom. The molecule has 9 heteroatoms. The Hall–Kier alpha value is -4.66. The zero-order chi connectivity index (χ0) is 27.4. The molecular formula is C30H32N4O5. The van der Waals surface area contributed by atoms with Gasteiger partial charge in [0.15, 0.2) is 6.61 Å². The number of amides is 3. The molecule has 2 heterocycles. The van der Waals surface area contributed by atoms with Gasteiger partial charge in [0.05, 0.1) is 7.11 Å². The van der Waals surface area contributed by atoms with Crippen LogP contribution in [0, 0.1) is 6.92 Å². The molecule has 0 aromatic heterocycles. The Morgan fingerprint density at radius 3 is 2.46 bits per heavy atom. The van der Waals surface area contributed by atoms with E-state index < -0.39 is 5.54 Å². The molecule has 5 rings (SSSR count). The van der Waals surface area contributed by atoms with Gasteiger partial charge >= 0.3 is 6.03 Å². The lowest BCUT2D eigenvalue weighted by Crippen LogP contribution is -2.51. The van der Waals surface area contributed by atoms with E-state index in [2.05, 4.69) is 15.5 Å². The van der Waals surface area contributed by atoms with Crippen molar-refractivity contribution >= 4 is 17.6 Å². The number of ether oxygens (including phenoxy) is 2. The van der Waals surface area contributed by atoms with Gasteiger partial charge in [-0.2, -0.15) is 0 Å². The Kier molecular flexibility index (Phi) is 7.31. The summed E-state index contributed by atoms with van der Waals surface area (Å²) in [6, 6.07) is 20.1. The third-order valence-corrected chi connectivity index (χ3v) is 7.21. The predicted octanol–water partition coefficient (Wildman–Crippen LogP) is 3.51. The summed E-state index contributed by atoms with van der Waals surface area (Å²) in [5.74, 6) is 1.43. The van der Waals surface area contributed by atoms with E-state index in [4.69, 9.17) is 9.47 Å². The van der Waals surface area contributed by atoms with Gasteiger partial charge in [0.2, 0.25) is 0 Å². The van der Waals surface area contributed by atoms with E-state index in [-0.39, 0.29) is 24.3 Å². The molecule has 1 unspecified atom stereocenters. The van der Waals surface area contributed by atoms with Gasteiger partial charge in [0.25, 0.3) is 5.91 Å². The van der Waals surface area contributed by atoms with E-state index in [9.17, 15) is 14.7 Å². The molecule has 1 saturated heterocycles. The summed E-state index contributed by atoms with van der Waals surface area (Å²) in [6.45, 7) is 4.38. The van der Waals surface area contributed by atoms with Gasteiger partial charge in [-0.25, -0.2) is 4.79 Å². The maximum absolute atomic E-state index is 13.0. The highest BCUT2D eigenvalue weighted by atomic mass is 16.5. The number of rotatable bonds is 7. The van der Waals surface area contributed by atoms with E-state index in [0.29, 0.717) is 24.4 Å². The lowest BCUT2D eigenvalue weighted by molar-refractivity contribution is -0.133. The largest absolute Gasteiger partial charge is 0.508 e.